The van der Waals surface area contributed by atoms with Crippen molar-refractivity contribution in [2.75, 3.05) is 14.2 Å². The highest BCUT2D eigenvalue weighted by molar-refractivity contribution is 6.19. The molecule has 0 unspecified atom stereocenters. The van der Waals surface area contributed by atoms with E-state index in [0.717, 1.165) is 11.1 Å². The quantitative estimate of drug-likeness (QED) is 0.507. The molecule has 1 aromatic heterocycles. The molecule has 2 aromatic rings. The van der Waals surface area contributed by atoms with Gasteiger partial charge in [0.2, 0.25) is 11.8 Å². The van der Waals surface area contributed by atoms with E-state index in [2.05, 4.69) is 15.6 Å². The fourth-order valence-corrected chi connectivity index (χ4v) is 3.34. The van der Waals surface area contributed by atoms with E-state index in [9.17, 15) is 14.4 Å². The zero-order valence-electron chi connectivity index (χ0n) is 16.1. The number of H-pyrrole nitrogens is 1. The monoisotopic (exact) mass is 419 g/mol. The van der Waals surface area contributed by atoms with Gasteiger partial charge < -0.3 is 21.9 Å². The molecule has 1 saturated heterocycles. The topological polar surface area (TPSA) is 108 Å². The average Bonchev–Trinajstić information content (AvgIpc) is 2.70. The molecule has 3 rings (SSSR count). The van der Waals surface area contributed by atoms with Gasteiger partial charge in [0.05, 0.1) is 14.2 Å². The van der Waals surface area contributed by atoms with Crippen LogP contribution in [0.25, 0.3) is 0 Å². The minimum absolute atomic E-state index is 0. The van der Waals surface area contributed by atoms with Crippen molar-refractivity contribution in [1.29, 1.82) is 0 Å². The third-order valence-corrected chi connectivity index (χ3v) is 4.90. The smallest absolute Gasteiger partial charge is 0.328 e. The number of rotatable bonds is 7. The number of aryl methyl sites for hydroxylation is 1. The summed E-state index contributed by atoms with van der Waals surface area (Å²) in [6.07, 6.45) is 4.42. The Kier molecular flexibility index (Phi) is 7.17. The van der Waals surface area contributed by atoms with Crippen molar-refractivity contribution in [2.24, 2.45) is 5.41 Å². The predicted molar refractivity (Wildman–Crippen MR) is 98.7 cm³/mol. The maximum atomic E-state index is 12.8. The zero-order valence-corrected chi connectivity index (χ0v) is 16.8. The molecular weight excluding hydrogens is 398 g/mol. The first-order valence-corrected chi connectivity index (χ1v) is 8.81. The molecule has 0 bridgehead atoms. The van der Waals surface area contributed by atoms with Gasteiger partial charge in [0.25, 0.3) is 0 Å². The van der Waals surface area contributed by atoms with Crippen LogP contribution in [0, 0.1) is 5.41 Å². The summed E-state index contributed by atoms with van der Waals surface area (Å²) in [5, 5.41) is 4.47. The Morgan fingerprint density at radius 1 is 0.897 bits per heavy atom. The van der Waals surface area contributed by atoms with E-state index >= 15 is 0 Å². The molecule has 2 heterocycles. The van der Waals surface area contributed by atoms with Crippen LogP contribution in [0.5, 0.6) is 11.5 Å². The van der Waals surface area contributed by atoms with Crippen LogP contribution in [-0.4, -0.2) is 32.1 Å². The van der Waals surface area contributed by atoms with Gasteiger partial charge in [-0.3, -0.25) is 20.2 Å². The number of barbiturate groups is 1. The zero-order chi connectivity index (χ0) is 20.1. The van der Waals surface area contributed by atoms with Crippen molar-refractivity contribution in [1.82, 2.24) is 10.6 Å². The van der Waals surface area contributed by atoms with Gasteiger partial charge >= 0.3 is 6.03 Å². The lowest BCUT2D eigenvalue weighted by Gasteiger charge is -2.34. The lowest BCUT2D eigenvalue weighted by molar-refractivity contribution is -0.378. The van der Waals surface area contributed by atoms with Crippen LogP contribution in [-0.2, 0) is 22.4 Å². The largest absolute Gasteiger partial charge is 1.00 e. The Morgan fingerprint density at radius 2 is 1.52 bits per heavy atom. The molecule has 154 valence electrons. The minimum atomic E-state index is -1.41. The van der Waals surface area contributed by atoms with E-state index in [-0.39, 0.29) is 25.2 Å². The van der Waals surface area contributed by atoms with Crippen molar-refractivity contribution in [3.05, 3.63) is 53.9 Å². The number of hydrogen-bond acceptors (Lipinski definition) is 5. The fourth-order valence-electron chi connectivity index (χ4n) is 3.34. The van der Waals surface area contributed by atoms with E-state index in [4.69, 9.17) is 9.47 Å². The number of carbonyl (C=O) groups is 3. The molecule has 1 aliphatic rings. The Morgan fingerprint density at radius 3 is 2.10 bits per heavy atom. The molecule has 1 aliphatic heterocycles. The van der Waals surface area contributed by atoms with E-state index in [1.807, 2.05) is 12.1 Å². The van der Waals surface area contributed by atoms with Crippen LogP contribution in [0.2, 0.25) is 0 Å². The second-order valence-electron chi connectivity index (χ2n) is 6.59. The lowest BCUT2D eigenvalue weighted by atomic mass is 9.74. The van der Waals surface area contributed by atoms with Gasteiger partial charge in [0.15, 0.2) is 23.9 Å². The molecule has 1 aromatic carbocycles. The number of amides is 4. The number of hydrogen-bond donors (Lipinski definition) is 2. The number of methoxy groups -OCH3 is 2. The molecule has 0 aliphatic carbocycles. The van der Waals surface area contributed by atoms with Gasteiger partial charge in [-0.2, -0.15) is 0 Å². The highest BCUT2D eigenvalue weighted by Crippen LogP contribution is 2.35. The van der Waals surface area contributed by atoms with Crippen molar-refractivity contribution in [2.45, 2.75) is 19.3 Å². The summed E-state index contributed by atoms with van der Waals surface area (Å²) in [7, 11) is 3.05. The van der Waals surface area contributed by atoms with Crippen LogP contribution in [0.4, 0.5) is 4.79 Å². The number of aromatic nitrogens is 1. The van der Waals surface area contributed by atoms with Gasteiger partial charge in [0, 0.05) is 12.1 Å². The first-order valence-electron chi connectivity index (χ1n) is 8.81. The standard InChI is InChI=1S/C20H21N3O5.ClH/c1-27-15-4-3-14(11-16(15)28-2)12-20(8-5-13-6-9-21-10-7-13)17(24)22-19(26)23-18(20)25;/h3-4,6-7,9-11H,5,8,12H2,1-2H3,(H2,22,23,24,25,26);1H. The average molecular weight is 420 g/mol. The first-order chi connectivity index (χ1) is 13.5. The van der Waals surface area contributed by atoms with Gasteiger partial charge in [-0.15, -0.1) is 0 Å². The van der Waals surface area contributed by atoms with E-state index in [1.54, 1.807) is 30.6 Å². The lowest BCUT2D eigenvalue weighted by Crippen LogP contribution is -3.00. The van der Waals surface area contributed by atoms with Crippen molar-refractivity contribution < 1.29 is 41.2 Å². The Labute approximate surface area is 174 Å². The highest BCUT2D eigenvalue weighted by atomic mass is 35.5. The first kappa shape index (κ1) is 22.2. The van der Waals surface area contributed by atoms with Crippen LogP contribution >= 0.6 is 0 Å². The number of carbonyl (C=O) groups excluding carboxylic acids is 3. The fraction of sp³-hybridized carbons (Fsp3) is 0.300. The minimum Gasteiger partial charge on any atom is -1.00 e. The molecule has 4 amide bonds. The molecule has 29 heavy (non-hydrogen) atoms. The molecular formula is C20H22ClN3O5. The summed E-state index contributed by atoms with van der Waals surface area (Å²) < 4.78 is 10.6. The summed E-state index contributed by atoms with van der Waals surface area (Å²) in [5.74, 6) is -0.146. The third-order valence-electron chi connectivity index (χ3n) is 4.90. The predicted octanol–water partition coefficient (Wildman–Crippen LogP) is -1.95. The maximum absolute atomic E-state index is 12.8. The van der Waals surface area contributed by atoms with Crippen molar-refractivity contribution in [3.63, 3.8) is 0 Å². The summed E-state index contributed by atoms with van der Waals surface area (Å²) in [4.78, 5) is 40.1. The SMILES string of the molecule is COc1ccc(CC2(CCc3cc[nH+]cc3)C(=O)NC(=O)NC2=O)cc1OC.[Cl-]. The van der Waals surface area contributed by atoms with Crippen LogP contribution in [0.15, 0.2) is 42.7 Å². The molecule has 0 atom stereocenters. The number of imide groups is 2. The Bertz CT molecular complexity index is 884. The van der Waals surface area contributed by atoms with Gasteiger partial charge in [-0.05, 0) is 42.5 Å². The molecule has 9 heteroatoms. The maximum Gasteiger partial charge on any atom is 0.328 e. The summed E-state index contributed by atoms with van der Waals surface area (Å²) in [6, 6.07) is 8.19. The number of halogens is 1. The van der Waals surface area contributed by atoms with E-state index in [1.165, 1.54) is 14.2 Å². The summed E-state index contributed by atoms with van der Waals surface area (Å²) >= 11 is 0. The molecule has 0 saturated carbocycles. The Balaban J connectivity index is 0.00000300. The number of pyridine rings is 1. The second kappa shape index (κ2) is 9.38. The molecule has 8 nitrogen and oxygen atoms in total. The normalized spacial score (nSPS) is 15.0. The van der Waals surface area contributed by atoms with Gasteiger partial charge in [-0.25, -0.2) is 9.78 Å². The summed E-state index contributed by atoms with van der Waals surface area (Å²) in [6.45, 7) is 0. The Hall–Kier alpha value is -3.13. The van der Waals surface area contributed by atoms with Crippen LogP contribution in [0.1, 0.15) is 17.5 Å². The molecule has 1 fully saturated rings. The molecule has 3 N–H and O–H groups in total. The van der Waals surface area contributed by atoms with E-state index < -0.39 is 23.3 Å². The van der Waals surface area contributed by atoms with Crippen molar-refractivity contribution >= 4 is 17.8 Å². The van der Waals surface area contributed by atoms with Crippen LogP contribution in [0.3, 0.4) is 0 Å². The number of benzene rings is 1. The number of nitrogens with one attached hydrogen (secondary N) is 3. The second-order valence-corrected chi connectivity index (χ2v) is 6.59. The third kappa shape index (κ3) is 4.65. The van der Waals surface area contributed by atoms with Gasteiger partial charge in [-0.1, -0.05) is 6.07 Å². The number of aromatic amines is 1. The number of ether oxygens (including phenoxy) is 2. The highest BCUT2D eigenvalue weighted by Gasteiger charge is 2.49. The van der Waals surface area contributed by atoms with E-state index in [0.29, 0.717) is 17.9 Å². The number of urea groups is 1. The van der Waals surface area contributed by atoms with Gasteiger partial charge in [0.1, 0.15) is 5.41 Å². The molecule has 0 spiro atoms. The molecule has 0 radical (unpaired) electrons. The van der Waals surface area contributed by atoms with Crippen molar-refractivity contribution in [3.8, 4) is 11.5 Å². The summed E-state index contributed by atoms with van der Waals surface area (Å²) in [5.41, 5.74) is 0.286. The van der Waals surface area contributed by atoms with Crippen LogP contribution < -0.4 is 37.5 Å².